The van der Waals surface area contributed by atoms with Gasteiger partial charge in [-0.2, -0.15) is 13.2 Å². The van der Waals surface area contributed by atoms with Crippen LogP contribution < -0.4 is 11.1 Å². The van der Waals surface area contributed by atoms with Crippen LogP contribution in [0.25, 0.3) is 0 Å². The Kier molecular flexibility index (Phi) is 9.65. The van der Waals surface area contributed by atoms with E-state index in [1.54, 1.807) is 48.1 Å². The number of carbonyl (C=O) groups is 1. The van der Waals surface area contributed by atoms with Crippen molar-refractivity contribution in [3.05, 3.63) is 59.8 Å². The summed E-state index contributed by atoms with van der Waals surface area (Å²) in [6.07, 6.45) is -0.916. The summed E-state index contributed by atoms with van der Waals surface area (Å²) in [5, 5.41) is 18.5. The molecule has 0 fully saturated rings. The third-order valence-corrected chi connectivity index (χ3v) is 6.12. The normalized spacial score (nSPS) is 11.5. The van der Waals surface area contributed by atoms with Gasteiger partial charge in [0.05, 0.1) is 22.9 Å². The fourth-order valence-electron chi connectivity index (χ4n) is 2.63. The predicted octanol–water partition coefficient (Wildman–Crippen LogP) is 1.25. The molecule has 11 nitrogen and oxygen atoms in total. The number of aryl methyl sites for hydroxylation is 1. The fourth-order valence-corrected chi connectivity index (χ4v) is 3.85. The summed E-state index contributed by atoms with van der Waals surface area (Å²) >= 11 is 0. The highest BCUT2D eigenvalue weighted by Crippen LogP contribution is 2.13. The molecular weight excluding hydrogens is 491 g/mol. The molecule has 0 atom stereocenters. The predicted molar refractivity (Wildman–Crippen MR) is 119 cm³/mol. The molecule has 190 valence electrons. The first-order valence-corrected chi connectivity index (χ1v) is 11.8. The first-order valence-electron chi connectivity index (χ1n) is 10.1. The molecule has 0 saturated heterocycles. The molecule has 0 amide bonds. The molecule has 1 aromatic carbocycles. The standard InChI is InChI=1S/C18H23N7O2S.C2HF3O2/c1-14-21-11-15(18(19)22-14)12-25-13-16(23-24-25)7-8-20-9-10-28(26,27)17-5-3-2-4-6-17;3-2(4,5)1(6)7/h2-6,11,13,20H,7-10,12H2,1H3,(H2,19,21,22);(H,6,7). The van der Waals surface area contributed by atoms with E-state index in [1.165, 1.54) is 0 Å². The van der Waals surface area contributed by atoms with Gasteiger partial charge >= 0.3 is 12.1 Å². The van der Waals surface area contributed by atoms with Gasteiger partial charge in [-0.1, -0.05) is 23.4 Å². The molecular formula is C20H24F3N7O4S. The first kappa shape index (κ1) is 27.7. The number of hydrogen-bond acceptors (Lipinski definition) is 9. The van der Waals surface area contributed by atoms with Gasteiger partial charge < -0.3 is 16.2 Å². The number of carboxylic acids is 1. The number of halogens is 3. The van der Waals surface area contributed by atoms with Crippen molar-refractivity contribution in [3.63, 3.8) is 0 Å². The largest absolute Gasteiger partial charge is 0.490 e. The summed E-state index contributed by atoms with van der Waals surface area (Å²) < 4.78 is 57.8. The maximum Gasteiger partial charge on any atom is 0.490 e. The van der Waals surface area contributed by atoms with Crippen molar-refractivity contribution in [2.75, 3.05) is 24.6 Å². The average molecular weight is 516 g/mol. The number of nitrogen functional groups attached to an aromatic ring is 1. The van der Waals surface area contributed by atoms with E-state index < -0.39 is 22.0 Å². The average Bonchev–Trinajstić information content (AvgIpc) is 3.23. The molecule has 0 spiro atoms. The van der Waals surface area contributed by atoms with Gasteiger partial charge in [0.15, 0.2) is 9.84 Å². The van der Waals surface area contributed by atoms with E-state index >= 15 is 0 Å². The number of aliphatic carboxylic acids is 1. The van der Waals surface area contributed by atoms with Crippen LogP contribution >= 0.6 is 0 Å². The Labute approximate surface area is 199 Å². The van der Waals surface area contributed by atoms with Gasteiger partial charge in [0, 0.05) is 37.5 Å². The van der Waals surface area contributed by atoms with E-state index in [2.05, 4.69) is 25.6 Å². The molecule has 3 aromatic rings. The molecule has 0 unspecified atom stereocenters. The number of hydrogen-bond donors (Lipinski definition) is 3. The Bertz CT molecular complexity index is 1220. The van der Waals surface area contributed by atoms with E-state index in [0.717, 1.165) is 11.3 Å². The van der Waals surface area contributed by atoms with Crippen LogP contribution in [0.15, 0.2) is 47.6 Å². The number of rotatable bonds is 9. The Morgan fingerprint density at radius 1 is 1.20 bits per heavy atom. The van der Waals surface area contributed by atoms with Crippen molar-refractivity contribution in [3.8, 4) is 0 Å². The highest BCUT2D eigenvalue weighted by atomic mass is 32.2. The zero-order valence-electron chi connectivity index (χ0n) is 18.6. The van der Waals surface area contributed by atoms with E-state index in [0.29, 0.717) is 42.6 Å². The summed E-state index contributed by atoms with van der Waals surface area (Å²) in [4.78, 5) is 17.5. The number of nitrogens with one attached hydrogen (secondary N) is 1. The molecule has 2 aromatic heterocycles. The van der Waals surface area contributed by atoms with Crippen molar-refractivity contribution >= 4 is 21.6 Å². The lowest BCUT2D eigenvalue weighted by atomic mass is 10.3. The second-order valence-electron chi connectivity index (χ2n) is 7.17. The van der Waals surface area contributed by atoms with Crippen molar-refractivity contribution in [1.29, 1.82) is 0 Å². The Balaban J connectivity index is 0.000000540. The van der Waals surface area contributed by atoms with Gasteiger partial charge in [-0.25, -0.2) is 27.9 Å². The maximum absolute atomic E-state index is 12.2. The number of benzene rings is 1. The number of nitrogens with two attached hydrogens (primary N) is 1. The molecule has 3 rings (SSSR count). The molecule has 0 bridgehead atoms. The van der Waals surface area contributed by atoms with Crippen LogP contribution in [0.3, 0.4) is 0 Å². The Morgan fingerprint density at radius 3 is 2.46 bits per heavy atom. The van der Waals surface area contributed by atoms with Crippen molar-refractivity contribution in [2.24, 2.45) is 0 Å². The quantitative estimate of drug-likeness (QED) is 0.353. The van der Waals surface area contributed by atoms with Crippen molar-refractivity contribution in [1.82, 2.24) is 30.3 Å². The SMILES string of the molecule is Cc1ncc(Cn2cc(CCNCCS(=O)(=O)c3ccccc3)nn2)c(N)n1.O=C(O)C(F)(F)F. The Hall–Kier alpha value is -3.59. The molecule has 15 heteroatoms. The second-order valence-corrected chi connectivity index (χ2v) is 9.28. The summed E-state index contributed by atoms with van der Waals surface area (Å²) in [7, 11) is -3.26. The molecule has 0 aliphatic heterocycles. The van der Waals surface area contributed by atoms with Gasteiger partial charge in [-0.3, -0.25) is 0 Å². The minimum Gasteiger partial charge on any atom is -0.475 e. The number of nitrogens with zero attached hydrogens (tertiary/aromatic N) is 5. The van der Waals surface area contributed by atoms with Crippen LogP contribution in [0.1, 0.15) is 17.1 Å². The minimum atomic E-state index is -5.08. The summed E-state index contributed by atoms with van der Waals surface area (Å²) in [5.41, 5.74) is 7.49. The number of alkyl halides is 3. The number of carboxylic acid groups (broad SMARTS) is 1. The zero-order valence-corrected chi connectivity index (χ0v) is 19.4. The first-order chi connectivity index (χ1) is 16.4. The lowest BCUT2D eigenvalue weighted by molar-refractivity contribution is -0.192. The van der Waals surface area contributed by atoms with Crippen molar-refractivity contribution in [2.45, 2.75) is 31.0 Å². The second kappa shape index (κ2) is 12.2. The molecule has 0 saturated carbocycles. The van der Waals surface area contributed by atoms with E-state index in [4.69, 9.17) is 15.6 Å². The number of anilines is 1. The molecule has 35 heavy (non-hydrogen) atoms. The van der Waals surface area contributed by atoms with Gasteiger partial charge in [-0.05, 0) is 19.1 Å². The fraction of sp³-hybridized carbons (Fsp3) is 0.350. The molecule has 0 aliphatic carbocycles. The van der Waals surface area contributed by atoms with Crippen LogP contribution in [0, 0.1) is 6.92 Å². The van der Waals surface area contributed by atoms with E-state index in [-0.39, 0.29) is 5.75 Å². The third kappa shape index (κ3) is 9.29. The maximum atomic E-state index is 12.2. The highest BCUT2D eigenvalue weighted by Gasteiger charge is 2.38. The Morgan fingerprint density at radius 2 is 1.86 bits per heavy atom. The monoisotopic (exact) mass is 515 g/mol. The summed E-state index contributed by atoms with van der Waals surface area (Å²) in [6, 6.07) is 8.46. The minimum absolute atomic E-state index is 0.0520. The van der Waals surface area contributed by atoms with Gasteiger partial charge in [0.25, 0.3) is 0 Å². The van der Waals surface area contributed by atoms with Gasteiger partial charge in [0.2, 0.25) is 0 Å². The van der Waals surface area contributed by atoms with Gasteiger partial charge in [-0.15, -0.1) is 5.10 Å². The highest BCUT2D eigenvalue weighted by molar-refractivity contribution is 7.91. The molecule has 0 aliphatic rings. The van der Waals surface area contributed by atoms with Crippen LogP contribution in [0.4, 0.5) is 19.0 Å². The van der Waals surface area contributed by atoms with Crippen LogP contribution in [-0.2, 0) is 27.6 Å². The molecule has 4 N–H and O–H groups in total. The lowest BCUT2D eigenvalue weighted by Crippen LogP contribution is -2.25. The number of sulfone groups is 1. The van der Waals surface area contributed by atoms with E-state index in [1.807, 2.05) is 6.20 Å². The summed E-state index contributed by atoms with van der Waals surface area (Å²) in [5.74, 6) is -1.64. The van der Waals surface area contributed by atoms with Crippen LogP contribution in [0.2, 0.25) is 0 Å². The van der Waals surface area contributed by atoms with E-state index in [9.17, 15) is 21.6 Å². The van der Waals surface area contributed by atoms with Crippen molar-refractivity contribution < 1.29 is 31.5 Å². The van der Waals surface area contributed by atoms with Crippen LogP contribution in [-0.4, -0.2) is 69.5 Å². The summed E-state index contributed by atoms with van der Waals surface area (Å²) in [6.45, 7) is 3.22. The number of aromatic nitrogens is 5. The third-order valence-electron chi connectivity index (χ3n) is 4.39. The molecule has 0 radical (unpaired) electrons. The smallest absolute Gasteiger partial charge is 0.475 e. The zero-order chi connectivity index (χ0) is 26.1. The lowest BCUT2D eigenvalue weighted by Gasteiger charge is -2.05. The van der Waals surface area contributed by atoms with Gasteiger partial charge in [0.1, 0.15) is 11.6 Å². The van der Waals surface area contributed by atoms with Crippen LogP contribution in [0.5, 0.6) is 0 Å². The molecule has 2 heterocycles. The topological polar surface area (TPSA) is 166 Å².